The minimum absolute atomic E-state index is 0.111. The van der Waals surface area contributed by atoms with Crippen molar-refractivity contribution in [3.8, 4) is 5.69 Å². The minimum atomic E-state index is -0.202. The molecule has 2 heterocycles. The Balaban J connectivity index is 1.57. The van der Waals surface area contributed by atoms with Gasteiger partial charge in [0.05, 0.1) is 22.0 Å². The van der Waals surface area contributed by atoms with Gasteiger partial charge < -0.3 is 5.32 Å². The van der Waals surface area contributed by atoms with E-state index >= 15 is 0 Å². The first-order valence-electron chi connectivity index (χ1n) is 8.92. The molecule has 0 bridgehead atoms. The molecule has 2 aromatic heterocycles. The third-order valence-corrected chi connectivity index (χ3v) is 6.68. The van der Waals surface area contributed by atoms with Crippen molar-refractivity contribution in [2.24, 2.45) is 0 Å². The number of thioether (sulfide) groups is 1. The monoisotopic (exact) mass is 475 g/mol. The molecular formula is C21H15Cl2N3O2S2. The van der Waals surface area contributed by atoms with Crippen molar-refractivity contribution in [1.29, 1.82) is 0 Å². The number of halogens is 2. The third kappa shape index (κ3) is 4.54. The molecule has 0 fully saturated rings. The first kappa shape index (κ1) is 20.9. The van der Waals surface area contributed by atoms with Gasteiger partial charge >= 0.3 is 0 Å². The van der Waals surface area contributed by atoms with E-state index < -0.39 is 0 Å². The molecule has 0 radical (unpaired) electrons. The second kappa shape index (κ2) is 9.22. The number of hydrogen-bond acceptors (Lipinski definition) is 5. The van der Waals surface area contributed by atoms with Crippen LogP contribution < -0.4 is 10.9 Å². The Morgan fingerprint density at radius 2 is 1.87 bits per heavy atom. The quantitative estimate of drug-likeness (QED) is 0.308. The highest BCUT2D eigenvalue weighted by molar-refractivity contribution is 7.99. The maximum atomic E-state index is 13.1. The predicted molar refractivity (Wildman–Crippen MR) is 124 cm³/mol. The van der Waals surface area contributed by atoms with Gasteiger partial charge in [0.1, 0.15) is 4.70 Å². The van der Waals surface area contributed by atoms with E-state index in [0.29, 0.717) is 37.7 Å². The van der Waals surface area contributed by atoms with E-state index in [0.717, 1.165) is 5.56 Å². The number of nitrogens with one attached hydrogen (secondary N) is 1. The summed E-state index contributed by atoms with van der Waals surface area (Å²) in [6, 6.07) is 16.1. The van der Waals surface area contributed by atoms with Crippen molar-refractivity contribution < 1.29 is 4.79 Å². The number of hydrogen-bond donors (Lipinski definition) is 1. The summed E-state index contributed by atoms with van der Waals surface area (Å²) in [5, 5.41) is 6.19. The van der Waals surface area contributed by atoms with E-state index in [-0.39, 0.29) is 17.2 Å². The number of fused-ring (bicyclic) bond motifs is 1. The molecule has 0 spiro atoms. The minimum Gasteiger partial charge on any atom is -0.351 e. The van der Waals surface area contributed by atoms with Gasteiger partial charge in [0.25, 0.3) is 5.56 Å². The summed E-state index contributed by atoms with van der Waals surface area (Å²) < 4.78 is 2.02. The van der Waals surface area contributed by atoms with Gasteiger partial charge in [0.15, 0.2) is 5.16 Å². The number of rotatable bonds is 6. The fraction of sp³-hybridized carbons (Fsp3) is 0.0952. The Labute approximate surface area is 190 Å². The van der Waals surface area contributed by atoms with Crippen LogP contribution in [0.25, 0.3) is 15.9 Å². The summed E-state index contributed by atoms with van der Waals surface area (Å²) in [6.07, 6.45) is 0. The van der Waals surface area contributed by atoms with Gasteiger partial charge in [0, 0.05) is 11.6 Å². The van der Waals surface area contributed by atoms with Crippen LogP contribution in [0.4, 0.5) is 0 Å². The highest BCUT2D eigenvalue weighted by Crippen LogP contribution is 2.27. The molecular weight excluding hydrogens is 461 g/mol. The third-order valence-electron chi connectivity index (χ3n) is 4.28. The van der Waals surface area contributed by atoms with Gasteiger partial charge in [-0.1, -0.05) is 59.2 Å². The van der Waals surface area contributed by atoms with Crippen molar-refractivity contribution >= 4 is 62.4 Å². The number of benzene rings is 2. The maximum Gasteiger partial charge on any atom is 0.276 e. The zero-order valence-corrected chi connectivity index (χ0v) is 18.6. The van der Waals surface area contributed by atoms with Gasteiger partial charge in [0.2, 0.25) is 5.91 Å². The number of nitrogens with zero attached hydrogens (tertiary/aromatic N) is 2. The van der Waals surface area contributed by atoms with Crippen molar-refractivity contribution in [3.05, 3.63) is 85.9 Å². The lowest BCUT2D eigenvalue weighted by Crippen LogP contribution is -2.26. The molecule has 0 unspecified atom stereocenters. The molecule has 4 rings (SSSR count). The van der Waals surface area contributed by atoms with E-state index in [1.165, 1.54) is 27.7 Å². The molecule has 0 aliphatic rings. The lowest BCUT2D eigenvalue weighted by Gasteiger charge is -2.13. The second-order valence-electron chi connectivity index (χ2n) is 6.31. The van der Waals surface area contributed by atoms with E-state index in [9.17, 15) is 9.59 Å². The summed E-state index contributed by atoms with van der Waals surface area (Å²) >= 11 is 14.7. The molecule has 9 heteroatoms. The van der Waals surface area contributed by atoms with Crippen LogP contribution in [-0.2, 0) is 11.3 Å². The van der Waals surface area contributed by atoms with E-state index in [2.05, 4.69) is 10.3 Å². The lowest BCUT2D eigenvalue weighted by atomic mass is 10.2. The molecule has 1 N–H and O–H groups in total. The average molecular weight is 476 g/mol. The maximum absolute atomic E-state index is 13.1. The molecule has 0 saturated carbocycles. The van der Waals surface area contributed by atoms with Gasteiger partial charge in [-0.25, -0.2) is 4.98 Å². The Kier molecular flexibility index (Phi) is 6.43. The van der Waals surface area contributed by atoms with Gasteiger partial charge in [-0.3, -0.25) is 14.2 Å². The lowest BCUT2D eigenvalue weighted by molar-refractivity contribution is -0.118. The Morgan fingerprint density at radius 3 is 2.63 bits per heavy atom. The molecule has 2 aromatic carbocycles. The second-order valence-corrected chi connectivity index (χ2v) is 9.02. The van der Waals surface area contributed by atoms with Crippen LogP contribution in [0.3, 0.4) is 0 Å². The average Bonchev–Trinajstić information content (AvgIpc) is 3.22. The molecule has 152 valence electrons. The summed E-state index contributed by atoms with van der Waals surface area (Å²) in [6.45, 7) is 0.394. The summed E-state index contributed by atoms with van der Waals surface area (Å²) in [7, 11) is 0. The van der Waals surface area contributed by atoms with Crippen molar-refractivity contribution in [2.75, 3.05) is 5.75 Å². The Bertz CT molecular complexity index is 1270. The van der Waals surface area contributed by atoms with Crippen LogP contribution in [-0.4, -0.2) is 21.2 Å². The van der Waals surface area contributed by atoms with Crippen molar-refractivity contribution in [3.63, 3.8) is 0 Å². The SMILES string of the molecule is O=C(CSc1nc2ccsc2c(=O)n1-c1ccccc1Cl)NCc1ccc(Cl)cc1. The first-order chi connectivity index (χ1) is 14.5. The van der Waals surface area contributed by atoms with Crippen LogP contribution in [0, 0.1) is 0 Å². The number of thiophene rings is 1. The van der Waals surface area contributed by atoms with E-state index in [4.69, 9.17) is 23.2 Å². The molecule has 5 nitrogen and oxygen atoms in total. The number of amides is 1. The van der Waals surface area contributed by atoms with Crippen molar-refractivity contribution in [2.45, 2.75) is 11.7 Å². The van der Waals surface area contributed by atoms with Gasteiger partial charge in [-0.15, -0.1) is 11.3 Å². The highest BCUT2D eigenvalue weighted by atomic mass is 35.5. The Morgan fingerprint density at radius 1 is 1.10 bits per heavy atom. The number of para-hydroxylation sites is 1. The molecule has 0 aliphatic heterocycles. The summed E-state index contributed by atoms with van der Waals surface area (Å²) in [5.74, 6) is -0.0551. The van der Waals surface area contributed by atoms with Crippen LogP contribution in [0.15, 0.2) is 69.9 Å². The summed E-state index contributed by atoms with van der Waals surface area (Å²) in [5.41, 5.74) is 1.89. The molecule has 0 atom stereocenters. The van der Waals surface area contributed by atoms with Gasteiger partial charge in [-0.05, 0) is 41.3 Å². The van der Waals surface area contributed by atoms with Crippen molar-refractivity contribution in [1.82, 2.24) is 14.9 Å². The number of aromatic nitrogens is 2. The molecule has 0 saturated heterocycles. The molecule has 30 heavy (non-hydrogen) atoms. The van der Waals surface area contributed by atoms with E-state index in [1.54, 1.807) is 42.5 Å². The van der Waals surface area contributed by atoms with Crippen LogP contribution in [0.5, 0.6) is 0 Å². The number of carbonyl (C=O) groups excluding carboxylic acids is 1. The zero-order valence-electron chi connectivity index (χ0n) is 15.5. The first-order valence-corrected chi connectivity index (χ1v) is 11.5. The normalized spacial score (nSPS) is 11.0. The van der Waals surface area contributed by atoms with Crippen LogP contribution in [0.1, 0.15) is 5.56 Å². The van der Waals surface area contributed by atoms with E-state index in [1.807, 2.05) is 17.5 Å². The fourth-order valence-electron chi connectivity index (χ4n) is 2.82. The molecule has 1 amide bonds. The molecule has 4 aromatic rings. The smallest absolute Gasteiger partial charge is 0.276 e. The fourth-order valence-corrected chi connectivity index (χ4v) is 4.76. The summed E-state index contributed by atoms with van der Waals surface area (Å²) in [4.78, 5) is 30.1. The Hall–Kier alpha value is -2.32. The predicted octanol–water partition coefficient (Wildman–Crippen LogP) is 5.16. The highest BCUT2D eigenvalue weighted by Gasteiger charge is 2.17. The van der Waals surface area contributed by atoms with Crippen LogP contribution >= 0.6 is 46.3 Å². The molecule has 0 aliphatic carbocycles. The largest absolute Gasteiger partial charge is 0.351 e. The number of carbonyl (C=O) groups is 1. The standard InChI is InChI=1S/C21H15Cl2N3O2S2/c22-14-7-5-13(6-8-14)11-24-18(27)12-30-21-25-16-9-10-29-19(16)20(28)26(21)17-4-2-1-3-15(17)23/h1-10H,11-12H2,(H,24,27). The van der Waals surface area contributed by atoms with Crippen LogP contribution in [0.2, 0.25) is 10.0 Å². The topological polar surface area (TPSA) is 64.0 Å². The zero-order chi connectivity index (χ0) is 21.1. The van der Waals surface area contributed by atoms with Gasteiger partial charge in [-0.2, -0.15) is 0 Å².